The predicted octanol–water partition coefficient (Wildman–Crippen LogP) is 6.66. The third-order valence-corrected chi connectivity index (χ3v) is 9.98. The molecular weight excluding hydrogens is 583 g/mol. The molecular formula is C23H15Cl3N4O3S3. The number of nitrogens with zero attached hydrogens (tertiary/aromatic N) is 3. The second-order valence-corrected chi connectivity index (χ2v) is 13.4. The molecule has 0 radical (unpaired) electrons. The van der Waals surface area contributed by atoms with Crippen molar-refractivity contribution in [2.45, 2.75) is 17.7 Å². The molecule has 184 valence electrons. The fraction of sp³-hybridized carbons (Fsp3) is 0.0870. The number of benzene rings is 1. The van der Waals surface area contributed by atoms with Gasteiger partial charge in [-0.05, 0) is 60.5 Å². The molecule has 4 heterocycles. The van der Waals surface area contributed by atoms with Gasteiger partial charge in [-0.15, -0.1) is 22.7 Å². The maximum absolute atomic E-state index is 12.7. The van der Waals surface area contributed by atoms with Crippen LogP contribution in [0.1, 0.15) is 21.9 Å². The van der Waals surface area contributed by atoms with Gasteiger partial charge < -0.3 is 4.57 Å². The van der Waals surface area contributed by atoms with Crippen molar-refractivity contribution in [2.75, 3.05) is 0 Å². The Kier molecular flexibility index (Phi) is 6.84. The number of carbonyl (C=O) groups excluding carboxylic acids is 1. The lowest BCUT2D eigenvalue weighted by Gasteiger charge is -2.10. The number of pyridine rings is 1. The topological polar surface area (TPSA) is 93.9 Å². The predicted molar refractivity (Wildman–Crippen MR) is 145 cm³/mol. The summed E-state index contributed by atoms with van der Waals surface area (Å²) in [5.74, 6) is -0.190. The Balaban J connectivity index is 1.44. The third-order valence-electron chi connectivity index (χ3n) is 5.30. The molecule has 1 aromatic carbocycles. The van der Waals surface area contributed by atoms with Crippen LogP contribution in [0.4, 0.5) is 0 Å². The highest BCUT2D eigenvalue weighted by atomic mass is 35.5. The van der Waals surface area contributed by atoms with E-state index in [0.29, 0.717) is 37.2 Å². The average molecular weight is 598 g/mol. The SMILES string of the molecule is Cc1nc2ccc(C(=O)NS(=O)(=O)c3ccc(Cl)s3)nc2n1Cc1ccc(-c2ccc(Cl)s2)cc1Cl. The van der Waals surface area contributed by atoms with E-state index in [2.05, 4.69) is 9.97 Å². The molecule has 13 heteroatoms. The first-order valence-corrected chi connectivity index (χ1v) is 14.6. The Hall–Kier alpha value is -2.47. The minimum absolute atomic E-state index is 0.0640. The van der Waals surface area contributed by atoms with Gasteiger partial charge in [-0.3, -0.25) is 4.79 Å². The number of halogens is 3. The number of hydrogen-bond acceptors (Lipinski definition) is 7. The van der Waals surface area contributed by atoms with E-state index in [0.717, 1.165) is 27.3 Å². The van der Waals surface area contributed by atoms with Gasteiger partial charge in [-0.2, -0.15) is 0 Å². The Morgan fingerprint density at radius 3 is 2.39 bits per heavy atom. The molecule has 36 heavy (non-hydrogen) atoms. The summed E-state index contributed by atoms with van der Waals surface area (Å²) in [6.07, 6.45) is 0. The van der Waals surface area contributed by atoms with Gasteiger partial charge in [-0.25, -0.2) is 23.1 Å². The van der Waals surface area contributed by atoms with Crippen molar-refractivity contribution in [3.8, 4) is 10.4 Å². The van der Waals surface area contributed by atoms with Crippen molar-refractivity contribution < 1.29 is 13.2 Å². The number of imidazole rings is 1. The van der Waals surface area contributed by atoms with Crippen molar-refractivity contribution in [3.05, 3.63) is 85.4 Å². The molecule has 7 nitrogen and oxygen atoms in total. The normalized spacial score (nSPS) is 11.8. The number of rotatable bonds is 6. The summed E-state index contributed by atoms with van der Waals surface area (Å²) in [5.41, 5.74) is 2.73. The lowest BCUT2D eigenvalue weighted by Crippen LogP contribution is -2.30. The van der Waals surface area contributed by atoms with Crippen LogP contribution < -0.4 is 4.72 Å². The highest BCUT2D eigenvalue weighted by Gasteiger charge is 2.22. The molecule has 0 fully saturated rings. The van der Waals surface area contributed by atoms with Gasteiger partial charge in [0.15, 0.2) is 5.65 Å². The summed E-state index contributed by atoms with van der Waals surface area (Å²) < 4.78 is 29.8. The monoisotopic (exact) mass is 596 g/mol. The van der Waals surface area contributed by atoms with E-state index in [1.54, 1.807) is 6.07 Å². The van der Waals surface area contributed by atoms with Crippen LogP contribution in [-0.2, 0) is 16.6 Å². The summed E-state index contributed by atoms with van der Waals surface area (Å²) >= 11 is 20.8. The van der Waals surface area contributed by atoms with Crippen LogP contribution in [0.2, 0.25) is 13.7 Å². The van der Waals surface area contributed by atoms with Gasteiger partial charge in [0.2, 0.25) is 0 Å². The van der Waals surface area contributed by atoms with Crippen LogP contribution in [0, 0.1) is 6.92 Å². The van der Waals surface area contributed by atoms with Crippen LogP contribution in [0.15, 0.2) is 58.8 Å². The number of aryl methyl sites for hydroxylation is 1. The molecule has 1 amide bonds. The standard InChI is InChI=1S/C23H15Cl3N4O3S3/c1-12-27-16-4-5-17(23(31)29-36(32,33)21-9-8-20(26)35-21)28-22(16)30(12)11-14-3-2-13(10-15(14)24)18-6-7-19(25)34-18/h2-10H,11H2,1H3,(H,29,31). The van der Waals surface area contributed by atoms with Crippen LogP contribution >= 0.6 is 57.5 Å². The average Bonchev–Trinajstić information content (AvgIpc) is 3.54. The Morgan fingerprint density at radius 1 is 0.972 bits per heavy atom. The lowest BCUT2D eigenvalue weighted by molar-refractivity contribution is 0.0977. The van der Waals surface area contributed by atoms with E-state index in [-0.39, 0.29) is 9.90 Å². The fourth-order valence-electron chi connectivity index (χ4n) is 3.57. The number of sulfonamides is 1. The summed E-state index contributed by atoms with van der Waals surface area (Å²) in [6, 6.07) is 15.4. The van der Waals surface area contributed by atoms with Crippen molar-refractivity contribution >= 4 is 84.6 Å². The van der Waals surface area contributed by atoms with Crippen LogP contribution in [0.25, 0.3) is 21.6 Å². The molecule has 0 saturated carbocycles. The molecule has 0 saturated heterocycles. The number of fused-ring (bicyclic) bond motifs is 1. The minimum Gasteiger partial charge on any atom is -0.308 e. The van der Waals surface area contributed by atoms with Crippen molar-refractivity contribution in [1.82, 2.24) is 19.3 Å². The highest BCUT2D eigenvalue weighted by Crippen LogP contribution is 2.34. The Bertz CT molecular complexity index is 1740. The molecule has 0 spiro atoms. The van der Waals surface area contributed by atoms with Gasteiger partial charge in [0.05, 0.1) is 15.2 Å². The molecule has 0 atom stereocenters. The quantitative estimate of drug-likeness (QED) is 0.236. The molecule has 1 N–H and O–H groups in total. The maximum Gasteiger partial charge on any atom is 0.283 e. The smallest absolute Gasteiger partial charge is 0.283 e. The van der Waals surface area contributed by atoms with E-state index >= 15 is 0 Å². The maximum atomic E-state index is 12.7. The number of hydrogen-bond donors (Lipinski definition) is 1. The molecule has 0 aliphatic rings. The zero-order valence-corrected chi connectivity index (χ0v) is 23.0. The van der Waals surface area contributed by atoms with E-state index in [1.165, 1.54) is 29.5 Å². The first-order chi connectivity index (χ1) is 17.1. The lowest BCUT2D eigenvalue weighted by atomic mass is 10.1. The van der Waals surface area contributed by atoms with E-state index in [1.807, 2.05) is 46.5 Å². The summed E-state index contributed by atoms with van der Waals surface area (Å²) in [6.45, 7) is 2.18. The van der Waals surface area contributed by atoms with E-state index in [9.17, 15) is 13.2 Å². The highest BCUT2D eigenvalue weighted by molar-refractivity contribution is 7.92. The summed E-state index contributed by atoms with van der Waals surface area (Å²) in [5, 5.41) is 0.563. The minimum atomic E-state index is -4.08. The number of amides is 1. The summed E-state index contributed by atoms with van der Waals surface area (Å²) in [7, 11) is -4.08. The molecule has 5 rings (SSSR count). The van der Waals surface area contributed by atoms with E-state index < -0.39 is 15.9 Å². The number of thiophene rings is 2. The zero-order chi connectivity index (χ0) is 25.6. The van der Waals surface area contributed by atoms with Crippen molar-refractivity contribution in [1.29, 1.82) is 0 Å². The molecule has 4 aromatic heterocycles. The van der Waals surface area contributed by atoms with Gasteiger partial charge in [0.25, 0.3) is 15.9 Å². The van der Waals surface area contributed by atoms with Crippen LogP contribution in [0.5, 0.6) is 0 Å². The first kappa shape index (κ1) is 25.2. The first-order valence-electron chi connectivity index (χ1n) is 10.3. The number of carbonyl (C=O) groups is 1. The summed E-state index contributed by atoms with van der Waals surface area (Å²) in [4.78, 5) is 22.7. The molecule has 0 unspecified atom stereocenters. The van der Waals surface area contributed by atoms with Crippen LogP contribution in [0.3, 0.4) is 0 Å². The molecule has 5 aromatic rings. The molecule has 0 bridgehead atoms. The van der Waals surface area contributed by atoms with Crippen molar-refractivity contribution in [3.63, 3.8) is 0 Å². The van der Waals surface area contributed by atoms with Crippen LogP contribution in [-0.4, -0.2) is 28.9 Å². The second kappa shape index (κ2) is 9.77. The van der Waals surface area contributed by atoms with Gasteiger partial charge >= 0.3 is 0 Å². The largest absolute Gasteiger partial charge is 0.308 e. The van der Waals surface area contributed by atoms with Gasteiger partial charge in [0, 0.05) is 9.90 Å². The molecule has 0 aliphatic carbocycles. The molecule has 0 aliphatic heterocycles. The number of aromatic nitrogens is 3. The van der Waals surface area contributed by atoms with Gasteiger partial charge in [-0.1, -0.05) is 46.9 Å². The third kappa shape index (κ3) is 5.02. The number of nitrogens with one attached hydrogen (secondary N) is 1. The zero-order valence-electron chi connectivity index (χ0n) is 18.3. The Labute approximate surface area is 229 Å². The van der Waals surface area contributed by atoms with Crippen molar-refractivity contribution in [2.24, 2.45) is 0 Å². The fourth-order valence-corrected chi connectivity index (χ4v) is 7.29. The second-order valence-electron chi connectivity index (χ2n) is 7.69. The van der Waals surface area contributed by atoms with Gasteiger partial charge in [0.1, 0.15) is 21.2 Å². The van der Waals surface area contributed by atoms with E-state index in [4.69, 9.17) is 34.8 Å². The Morgan fingerprint density at radius 2 is 1.72 bits per heavy atom.